The summed E-state index contributed by atoms with van der Waals surface area (Å²) in [5.74, 6) is -0.190. The van der Waals surface area contributed by atoms with Crippen LogP contribution in [0.25, 0.3) is 0 Å². The lowest BCUT2D eigenvalue weighted by atomic mass is 10.1. The predicted molar refractivity (Wildman–Crippen MR) is 96.9 cm³/mol. The molecule has 0 aliphatic heterocycles. The largest absolute Gasteiger partial charge is 0.492 e. The van der Waals surface area contributed by atoms with Gasteiger partial charge >= 0.3 is 5.97 Å². The summed E-state index contributed by atoms with van der Waals surface area (Å²) >= 11 is 0. The number of carbonyl (C=O) groups is 1. The van der Waals surface area contributed by atoms with Crippen LogP contribution < -0.4 is 10.1 Å². The Bertz CT molecular complexity index is 643. The van der Waals surface area contributed by atoms with Crippen molar-refractivity contribution in [2.45, 2.75) is 25.5 Å². The third kappa shape index (κ3) is 5.89. The van der Waals surface area contributed by atoms with Gasteiger partial charge in [0.15, 0.2) is 6.10 Å². The maximum Gasteiger partial charge on any atom is 0.333 e. The van der Waals surface area contributed by atoms with Crippen LogP contribution in [0.1, 0.15) is 24.1 Å². The van der Waals surface area contributed by atoms with Gasteiger partial charge < -0.3 is 19.9 Å². The van der Waals surface area contributed by atoms with E-state index in [4.69, 9.17) is 14.6 Å². The lowest BCUT2D eigenvalue weighted by Gasteiger charge is -2.18. The quantitative estimate of drug-likeness (QED) is 0.694. The van der Waals surface area contributed by atoms with Gasteiger partial charge in [-0.15, -0.1) is 0 Å². The molecule has 25 heavy (non-hydrogen) atoms. The number of ether oxygens (including phenoxy) is 2. The van der Waals surface area contributed by atoms with Crippen molar-refractivity contribution in [3.8, 4) is 5.75 Å². The summed E-state index contributed by atoms with van der Waals surface area (Å²) in [4.78, 5) is 11.1. The van der Waals surface area contributed by atoms with Gasteiger partial charge in [0.1, 0.15) is 12.4 Å². The summed E-state index contributed by atoms with van der Waals surface area (Å²) in [5.41, 5.74) is 2.07. The van der Waals surface area contributed by atoms with Crippen molar-refractivity contribution in [2.24, 2.45) is 0 Å². The highest BCUT2D eigenvalue weighted by Crippen LogP contribution is 2.18. The Labute approximate surface area is 148 Å². The number of rotatable bonds is 10. The summed E-state index contributed by atoms with van der Waals surface area (Å²) in [6.07, 6.45) is -0.476. The summed E-state index contributed by atoms with van der Waals surface area (Å²) in [7, 11) is 1.91. The molecule has 2 rings (SSSR count). The Morgan fingerprint density at radius 3 is 2.36 bits per heavy atom. The average molecular weight is 343 g/mol. The average Bonchev–Trinajstić information content (AvgIpc) is 2.64. The maximum atomic E-state index is 11.1. The molecule has 2 aromatic rings. The molecule has 0 fully saturated rings. The smallest absolute Gasteiger partial charge is 0.333 e. The van der Waals surface area contributed by atoms with Crippen LogP contribution in [-0.2, 0) is 16.0 Å². The van der Waals surface area contributed by atoms with Crippen LogP contribution in [0.2, 0.25) is 0 Å². The summed E-state index contributed by atoms with van der Waals surface area (Å²) < 4.78 is 11.1. The molecule has 0 aliphatic rings. The highest BCUT2D eigenvalue weighted by molar-refractivity contribution is 5.72. The van der Waals surface area contributed by atoms with Crippen molar-refractivity contribution < 1.29 is 19.4 Å². The van der Waals surface area contributed by atoms with E-state index in [0.717, 1.165) is 11.3 Å². The fraction of sp³-hybridized carbons (Fsp3) is 0.350. The van der Waals surface area contributed by atoms with Crippen molar-refractivity contribution >= 4 is 5.97 Å². The first-order valence-electron chi connectivity index (χ1n) is 8.42. The second-order valence-electron chi connectivity index (χ2n) is 5.69. The molecule has 2 N–H and O–H groups in total. The predicted octanol–water partition coefficient (Wildman–Crippen LogP) is 3.06. The zero-order chi connectivity index (χ0) is 18.1. The van der Waals surface area contributed by atoms with Gasteiger partial charge in [-0.25, -0.2) is 4.79 Å². The van der Waals surface area contributed by atoms with Crippen molar-refractivity contribution in [3.63, 3.8) is 0 Å². The molecule has 0 radical (unpaired) electrons. The van der Waals surface area contributed by atoms with Gasteiger partial charge in [-0.1, -0.05) is 42.5 Å². The molecule has 2 aromatic carbocycles. The SMILES string of the molecule is CCOC(Cc1ccc(OCC(NC)c2ccccc2)cc1)C(=O)O. The normalized spacial score (nSPS) is 13.2. The van der Waals surface area contributed by atoms with E-state index in [1.54, 1.807) is 6.92 Å². The van der Waals surface area contributed by atoms with Crippen LogP contribution >= 0.6 is 0 Å². The van der Waals surface area contributed by atoms with Crippen LogP contribution in [0.15, 0.2) is 54.6 Å². The van der Waals surface area contributed by atoms with Gasteiger partial charge in [-0.05, 0) is 37.2 Å². The highest BCUT2D eigenvalue weighted by Gasteiger charge is 2.18. The molecule has 0 aromatic heterocycles. The van der Waals surface area contributed by atoms with E-state index in [0.29, 0.717) is 19.6 Å². The van der Waals surface area contributed by atoms with Crippen molar-refractivity contribution in [3.05, 3.63) is 65.7 Å². The maximum absolute atomic E-state index is 11.1. The van der Waals surface area contributed by atoms with Crippen molar-refractivity contribution in [1.29, 1.82) is 0 Å². The van der Waals surface area contributed by atoms with Crippen LogP contribution in [-0.4, -0.2) is 37.4 Å². The van der Waals surface area contributed by atoms with Crippen molar-refractivity contribution in [1.82, 2.24) is 5.32 Å². The van der Waals surface area contributed by atoms with E-state index in [-0.39, 0.29) is 6.04 Å². The molecule has 2 unspecified atom stereocenters. The van der Waals surface area contributed by atoms with Gasteiger partial charge in [-0.2, -0.15) is 0 Å². The topological polar surface area (TPSA) is 67.8 Å². The van der Waals surface area contributed by atoms with E-state index in [1.807, 2.05) is 49.5 Å². The molecule has 0 saturated carbocycles. The molecule has 0 heterocycles. The second kappa shape index (κ2) is 9.81. The van der Waals surface area contributed by atoms with Crippen LogP contribution in [0.3, 0.4) is 0 Å². The van der Waals surface area contributed by atoms with Gasteiger partial charge in [0, 0.05) is 13.0 Å². The minimum absolute atomic E-state index is 0.107. The molecule has 134 valence electrons. The molecule has 0 amide bonds. The number of hydrogen-bond donors (Lipinski definition) is 2. The molecular formula is C20H25NO4. The minimum Gasteiger partial charge on any atom is -0.492 e. The molecule has 0 bridgehead atoms. The number of carboxylic acids is 1. The fourth-order valence-corrected chi connectivity index (χ4v) is 2.57. The lowest BCUT2D eigenvalue weighted by Crippen LogP contribution is -2.26. The molecule has 0 saturated heterocycles. The lowest BCUT2D eigenvalue weighted by molar-refractivity contribution is -0.149. The molecule has 5 nitrogen and oxygen atoms in total. The number of nitrogens with one attached hydrogen (secondary N) is 1. The Kier molecular flexibility index (Phi) is 7.44. The zero-order valence-corrected chi connectivity index (χ0v) is 14.6. The highest BCUT2D eigenvalue weighted by atomic mass is 16.5. The second-order valence-corrected chi connectivity index (χ2v) is 5.69. The van der Waals surface area contributed by atoms with E-state index < -0.39 is 12.1 Å². The summed E-state index contributed by atoms with van der Waals surface area (Å²) in [5, 5.41) is 12.4. The van der Waals surface area contributed by atoms with E-state index in [1.165, 1.54) is 5.56 Å². The van der Waals surface area contributed by atoms with Crippen LogP contribution in [0.4, 0.5) is 0 Å². The third-order valence-electron chi connectivity index (χ3n) is 3.95. The monoisotopic (exact) mass is 343 g/mol. The van der Waals surface area contributed by atoms with E-state index in [9.17, 15) is 4.79 Å². The van der Waals surface area contributed by atoms with E-state index in [2.05, 4.69) is 17.4 Å². The first kappa shape index (κ1) is 19.0. The fourth-order valence-electron chi connectivity index (χ4n) is 2.57. The van der Waals surface area contributed by atoms with Crippen LogP contribution in [0, 0.1) is 0 Å². The minimum atomic E-state index is -0.943. The van der Waals surface area contributed by atoms with E-state index >= 15 is 0 Å². The molecular weight excluding hydrogens is 318 g/mol. The standard InChI is InChI=1S/C20H25NO4/c1-3-24-19(20(22)23)13-15-9-11-17(12-10-15)25-14-18(21-2)16-7-5-4-6-8-16/h4-12,18-19,21H,3,13-14H2,1-2H3,(H,22,23). The number of hydrogen-bond acceptors (Lipinski definition) is 4. The Balaban J connectivity index is 1.92. The van der Waals surface area contributed by atoms with Crippen LogP contribution in [0.5, 0.6) is 5.75 Å². The number of carboxylic acid groups (broad SMARTS) is 1. The third-order valence-corrected chi connectivity index (χ3v) is 3.95. The van der Waals surface area contributed by atoms with Gasteiger partial charge in [0.25, 0.3) is 0 Å². The Hall–Kier alpha value is -2.37. The van der Waals surface area contributed by atoms with Crippen molar-refractivity contribution in [2.75, 3.05) is 20.3 Å². The van der Waals surface area contributed by atoms with Gasteiger partial charge in [0.2, 0.25) is 0 Å². The molecule has 0 aliphatic carbocycles. The Morgan fingerprint density at radius 1 is 1.12 bits per heavy atom. The number of benzene rings is 2. The Morgan fingerprint density at radius 2 is 1.80 bits per heavy atom. The molecule has 2 atom stereocenters. The number of aliphatic carboxylic acids is 1. The molecule has 5 heteroatoms. The van der Waals surface area contributed by atoms with Gasteiger partial charge in [0.05, 0.1) is 6.04 Å². The number of likely N-dealkylation sites (N-methyl/N-ethyl adjacent to an activating group) is 1. The zero-order valence-electron chi connectivity index (χ0n) is 14.6. The first-order chi connectivity index (χ1) is 12.1. The molecule has 0 spiro atoms. The van der Waals surface area contributed by atoms with Gasteiger partial charge in [-0.3, -0.25) is 0 Å². The first-order valence-corrected chi connectivity index (χ1v) is 8.42. The summed E-state index contributed by atoms with van der Waals surface area (Å²) in [6, 6.07) is 17.7. The summed E-state index contributed by atoms with van der Waals surface area (Å²) in [6.45, 7) is 2.68.